The quantitative estimate of drug-likeness (QED) is 0.248. The number of fused-ring (bicyclic) bond motifs is 2. The van der Waals surface area contributed by atoms with Crippen molar-refractivity contribution in [1.29, 1.82) is 0 Å². The third-order valence-electron chi connectivity index (χ3n) is 6.81. The lowest BCUT2D eigenvalue weighted by molar-refractivity contribution is 1.26. The van der Waals surface area contributed by atoms with Crippen LogP contribution in [-0.4, -0.2) is 31.4 Å². The van der Waals surface area contributed by atoms with Gasteiger partial charge in [0.25, 0.3) is 0 Å². The SMILES string of the molecule is c1ccc(-c2ccc(/C3=N/c4cnccc4/C(c4ccc(-c5ccccn5)cc4)=N\c4cnccc43)cc2)nc1. The van der Waals surface area contributed by atoms with Gasteiger partial charge in [-0.3, -0.25) is 19.9 Å². The lowest BCUT2D eigenvalue weighted by atomic mass is 9.96. The summed E-state index contributed by atoms with van der Waals surface area (Å²) in [5, 5.41) is 0. The zero-order valence-corrected chi connectivity index (χ0v) is 21.4. The van der Waals surface area contributed by atoms with Gasteiger partial charge in [0, 0.05) is 58.2 Å². The average molecular weight is 515 g/mol. The van der Waals surface area contributed by atoms with E-state index in [1.807, 2.05) is 48.5 Å². The van der Waals surface area contributed by atoms with Crippen LogP contribution in [0.4, 0.5) is 11.4 Å². The van der Waals surface area contributed by atoms with Crippen LogP contribution in [0, 0.1) is 0 Å². The van der Waals surface area contributed by atoms with E-state index >= 15 is 0 Å². The molecule has 0 unspecified atom stereocenters. The van der Waals surface area contributed by atoms with Crippen LogP contribution in [0.3, 0.4) is 0 Å². The number of pyridine rings is 4. The van der Waals surface area contributed by atoms with E-state index in [9.17, 15) is 0 Å². The summed E-state index contributed by atoms with van der Waals surface area (Å²) in [5.41, 5.74) is 10.8. The molecule has 2 aromatic carbocycles. The van der Waals surface area contributed by atoms with Crippen LogP contribution in [0.25, 0.3) is 22.5 Å². The Labute approximate surface area is 231 Å². The number of hydrogen-bond acceptors (Lipinski definition) is 6. The van der Waals surface area contributed by atoms with Gasteiger partial charge in [-0.25, -0.2) is 9.98 Å². The van der Waals surface area contributed by atoms with Crippen LogP contribution >= 0.6 is 0 Å². The number of benzene rings is 2. The summed E-state index contributed by atoms with van der Waals surface area (Å²) >= 11 is 0. The highest BCUT2D eigenvalue weighted by Gasteiger charge is 2.20. The molecule has 1 aliphatic heterocycles. The molecule has 0 atom stereocenters. The Kier molecular flexibility index (Phi) is 6.03. The minimum atomic E-state index is 0.751. The highest BCUT2D eigenvalue weighted by molar-refractivity contribution is 6.22. The summed E-state index contributed by atoms with van der Waals surface area (Å²) < 4.78 is 0. The van der Waals surface area contributed by atoms with Gasteiger partial charge in [-0.1, -0.05) is 60.7 Å². The maximum Gasteiger partial charge on any atom is 0.0914 e. The van der Waals surface area contributed by atoms with Gasteiger partial charge < -0.3 is 0 Å². The van der Waals surface area contributed by atoms with E-state index in [0.717, 1.165) is 67.6 Å². The van der Waals surface area contributed by atoms with Gasteiger partial charge in [0.2, 0.25) is 0 Å². The van der Waals surface area contributed by atoms with Gasteiger partial charge in [0.15, 0.2) is 0 Å². The summed E-state index contributed by atoms with van der Waals surface area (Å²) in [6, 6.07) is 32.3. The molecule has 0 amide bonds. The second-order valence-corrected chi connectivity index (χ2v) is 9.29. The van der Waals surface area contributed by atoms with Crippen molar-refractivity contribution < 1.29 is 0 Å². The molecule has 0 saturated heterocycles. The largest absolute Gasteiger partial charge is 0.262 e. The van der Waals surface area contributed by atoms with Crippen molar-refractivity contribution >= 4 is 22.8 Å². The third-order valence-corrected chi connectivity index (χ3v) is 6.81. The minimum absolute atomic E-state index is 0.751. The molecule has 6 nitrogen and oxygen atoms in total. The summed E-state index contributed by atoms with van der Waals surface area (Å²) in [7, 11) is 0. The summed E-state index contributed by atoms with van der Waals surface area (Å²) in [6.45, 7) is 0. The third kappa shape index (κ3) is 4.48. The lowest BCUT2D eigenvalue weighted by Crippen LogP contribution is -2.10. The summed E-state index contributed by atoms with van der Waals surface area (Å²) in [6.07, 6.45) is 10.7. The van der Waals surface area contributed by atoms with E-state index < -0.39 is 0 Å². The number of aromatic nitrogens is 4. The molecule has 0 radical (unpaired) electrons. The molecule has 6 heteroatoms. The first kappa shape index (κ1) is 23.5. The fourth-order valence-electron chi connectivity index (χ4n) is 4.82. The van der Waals surface area contributed by atoms with E-state index in [1.165, 1.54) is 0 Å². The van der Waals surface area contributed by atoms with Crippen LogP contribution < -0.4 is 0 Å². The van der Waals surface area contributed by atoms with E-state index in [4.69, 9.17) is 9.98 Å². The van der Waals surface area contributed by atoms with Gasteiger partial charge >= 0.3 is 0 Å². The first-order chi connectivity index (χ1) is 19.8. The molecule has 40 heavy (non-hydrogen) atoms. The molecule has 0 aliphatic carbocycles. The summed E-state index contributed by atoms with van der Waals surface area (Å²) in [5.74, 6) is 0. The van der Waals surface area contributed by atoms with Crippen LogP contribution in [0.15, 0.2) is 144 Å². The topological polar surface area (TPSA) is 76.3 Å². The molecule has 1 aliphatic rings. The Morgan fingerprint density at radius 1 is 0.375 bits per heavy atom. The second-order valence-electron chi connectivity index (χ2n) is 9.29. The van der Waals surface area contributed by atoms with Crippen molar-refractivity contribution in [2.24, 2.45) is 9.98 Å². The zero-order valence-electron chi connectivity index (χ0n) is 21.4. The Hall–Kier alpha value is -5.62. The van der Waals surface area contributed by atoms with E-state index in [-0.39, 0.29) is 0 Å². The van der Waals surface area contributed by atoms with E-state index in [1.54, 1.807) is 37.2 Å². The maximum absolute atomic E-state index is 5.17. The maximum atomic E-state index is 5.17. The monoisotopic (exact) mass is 514 g/mol. The number of hydrogen-bond donors (Lipinski definition) is 0. The molecular formula is C34H22N6. The number of rotatable bonds is 4. The van der Waals surface area contributed by atoms with Gasteiger partial charge in [-0.2, -0.15) is 0 Å². The van der Waals surface area contributed by atoms with Crippen molar-refractivity contribution in [3.8, 4) is 22.5 Å². The normalized spacial score (nSPS) is 14.9. The van der Waals surface area contributed by atoms with Gasteiger partial charge in [0.1, 0.15) is 0 Å². The molecule has 188 valence electrons. The second kappa shape index (κ2) is 10.3. The highest BCUT2D eigenvalue weighted by Crippen LogP contribution is 2.33. The Morgan fingerprint density at radius 2 is 0.800 bits per heavy atom. The zero-order chi connectivity index (χ0) is 26.7. The molecule has 5 heterocycles. The first-order valence-corrected chi connectivity index (χ1v) is 12.9. The summed E-state index contributed by atoms with van der Waals surface area (Å²) in [4.78, 5) is 28.1. The van der Waals surface area contributed by atoms with Crippen molar-refractivity contribution in [2.45, 2.75) is 0 Å². The highest BCUT2D eigenvalue weighted by atomic mass is 14.9. The molecule has 0 bridgehead atoms. The fraction of sp³-hybridized carbons (Fsp3) is 0. The lowest BCUT2D eigenvalue weighted by Gasteiger charge is -2.17. The molecule has 6 aromatic rings. The van der Waals surface area contributed by atoms with Gasteiger partial charge in [0.05, 0.1) is 46.6 Å². The van der Waals surface area contributed by atoms with Crippen molar-refractivity contribution in [3.63, 3.8) is 0 Å². The van der Waals surface area contributed by atoms with Crippen molar-refractivity contribution in [1.82, 2.24) is 19.9 Å². The molecular weight excluding hydrogens is 492 g/mol. The fourth-order valence-corrected chi connectivity index (χ4v) is 4.82. The van der Waals surface area contributed by atoms with Crippen molar-refractivity contribution in [3.05, 3.63) is 156 Å². The molecule has 0 fully saturated rings. The van der Waals surface area contributed by atoms with Crippen LogP contribution in [0.5, 0.6) is 0 Å². The molecule has 4 aromatic heterocycles. The predicted octanol–water partition coefficient (Wildman–Crippen LogP) is 7.25. The number of nitrogens with zero attached hydrogens (tertiary/aromatic N) is 6. The minimum Gasteiger partial charge on any atom is -0.262 e. The predicted molar refractivity (Wildman–Crippen MR) is 158 cm³/mol. The van der Waals surface area contributed by atoms with E-state index in [0.29, 0.717) is 0 Å². The molecule has 0 saturated carbocycles. The van der Waals surface area contributed by atoms with Crippen LogP contribution in [0.2, 0.25) is 0 Å². The average Bonchev–Trinajstić information content (AvgIpc) is 3.03. The van der Waals surface area contributed by atoms with Gasteiger partial charge in [-0.05, 0) is 36.4 Å². The smallest absolute Gasteiger partial charge is 0.0914 e. The molecule has 0 N–H and O–H groups in total. The Morgan fingerprint density at radius 3 is 1.20 bits per heavy atom. The standard InChI is InChI=1S/C34H22N6/c1-3-17-37-29(5-1)23-7-11-25(12-8-23)33-27-15-19-35-21-31(27)40-34(28-16-20-36-22-32(28)39-33)26-13-9-24(10-14-26)30-6-2-4-18-38-30/h1-22H/b33-27?,34-28?,39-32?,39-33-,40-31?,40-34-. The molecule has 0 spiro atoms. The van der Waals surface area contributed by atoms with Crippen LogP contribution in [-0.2, 0) is 0 Å². The molecule has 7 rings (SSSR count). The Balaban J connectivity index is 1.34. The van der Waals surface area contributed by atoms with Crippen LogP contribution in [0.1, 0.15) is 22.3 Å². The van der Waals surface area contributed by atoms with Gasteiger partial charge in [-0.15, -0.1) is 0 Å². The Bertz CT molecular complexity index is 1720. The number of aliphatic imine (C=N–C) groups is 2. The first-order valence-electron chi connectivity index (χ1n) is 12.9. The van der Waals surface area contributed by atoms with E-state index in [2.05, 4.69) is 68.5 Å². The van der Waals surface area contributed by atoms with Crippen molar-refractivity contribution in [2.75, 3.05) is 0 Å².